The van der Waals surface area contributed by atoms with Gasteiger partial charge in [0.2, 0.25) is 0 Å². The van der Waals surface area contributed by atoms with Crippen LogP contribution in [0.4, 0.5) is 0 Å². The second kappa shape index (κ2) is 6.16. The van der Waals surface area contributed by atoms with Crippen LogP contribution in [-0.2, 0) is 0 Å². The van der Waals surface area contributed by atoms with E-state index in [2.05, 4.69) is 6.92 Å². The van der Waals surface area contributed by atoms with Gasteiger partial charge < -0.3 is 9.47 Å². The molecule has 0 unspecified atom stereocenters. The standard InChI is InChI=1S/C13H18O3/c1-4-5-6-12(14)11-9-10(15-2)7-8-13(11)16-3/h7-9H,4-6H2,1-3H3. The van der Waals surface area contributed by atoms with Gasteiger partial charge in [-0.15, -0.1) is 0 Å². The predicted octanol–water partition coefficient (Wildman–Crippen LogP) is 3.08. The number of carbonyl (C=O) groups is 1. The largest absolute Gasteiger partial charge is 0.497 e. The summed E-state index contributed by atoms with van der Waals surface area (Å²) >= 11 is 0. The van der Waals surface area contributed by atoms with Crippen molar-refractivity contribution in [1.29, 1.82) is 0 Å². The summed E-state index contributed by atoms with van der Waals surface area (Å²) in [6, 6.07) is 5.28. The fourth-order valence-electron chi connectivity index (χ4n) is 1.50. The number of ketones is 1. The molecule has 0 saturated carbocycles. The van der Waals surface area contributed by atoms with E-state index in [4.69, 9.17) is 9.47 Å². The van der Waals surface area contributed by atoms with Gasteiger partial charge in [-0.3, -0.25) is 4.79 Å². The van der Waals surface area contributed by atoms with E-state index in [-0.39, 0.29) is 5.78 Å². The molecule has 0 aliphatic heterocycles. The van der Waals surface area contributed by atoms with Gasteiger partial charge in [-0.2, -0.15) is 0 Å². The molecule has 0 N–H and O–H groups in total. The lowest BCUT2D eigenvalue weighted by Crippen LogP contribution is -2.02. The van der Waals surface area contributed by atoms with Crippen molar-refractivity contribution in [2.45, 2.75) is 26.2 Å². The summed E-state index contributed by atoms with van der Waals surface area (Å²) in [5.74, 6) is 1.40. The van der Waals surface area contributed by atoms with Gasteiger partial charge in [0, 0.05) is 6.42 Å². The Morgan fingerprint density at radius 3 is 2.56 bits per heavy atom. The third kappa shape index (κ3) is 2.99. The Balaban J connectivity index is 2.94. The van der Waals surface area contributed by atoms with Crippen LogP contribution in [0.3, 0.4) is 0 Å². The van der Waals surface area contributed by atoms with E-state index >= 15 is 0 Å². The summed E-state index contributed by atoms with van der Waals surface area (Å²) in [4.78, 5) is 11.9. The molecule has 0 bridgehead atoms. The Kier molecular flexibility index (Phi) is 4.83. The van der Waals surface area contributed by atoms with Gasteiger partial charge in [0.15, 0.2) is 5.78 Å². The minimum absolute atomic E-state index is 0.109. The van der Waals surface area contributed by atoms with Crippen LogP contribution >= 0.6 is 0 Å². The zero-order valence-electron chi connectivity index (χ0n) is 10.1. The molecule has 0 aliphatic carbocycles. The van der Waals surface area contributed by atoms with Crippen molar-refractivity contribution >= 4 is 5.78 Å². The maximum Gasteiger partial charge on any atom is 0.166 e. The SMILES string of the molecule is CCCCC(=O)c1cc(OC)ccc1OC. The number of carbonyl (C=O) groups excluding carboxylic acids is 1. The maximum atomic E-state index is 11.9. The monoisotopic (exact) mass is 222 g/mol. The summed E-state index contributed by atoms with van der Waals surface area (Å²) in [6.07, 6.45) is 2.47. The molecule has 1 aromatic rings. The second-order valence-electron chi connectivity index (χ2n) is 3.59. The molecule has 0 radical (unpaired) electrons. The van der Waals surface area contributed by atoms with Crippen LogP contribution in [0.25, 0.3) is 0 Å². The van der Waals surface area contributed by atoms with Gasteiger partial charge >= 0.3 is 0 Å². The van der Waals surface area contributed by atoms with Gasteiger partial charge in [-0.05, 0) is 24.6 Å². The van der Waals surface area contributed by atoms with E-state index in [9.17, 15) is 4.79 Å². The first kappa shape index (κ1) is 12.6. The minimum Gasteiger partial charge on any atom is -0.497 e. The predicted molar refractivity (Wildman–Crippen MR) is 63.4 cm³/mol. The molecule has 1 rings (SSSR count). The topological polar surface area (TPSA) is 35.5 Å². The van der Waals surface area contributed by atoms with Crippen molar-refractivity contribution in [2.75, 3.05) is 14.2 Å². The zero-order chi connectivity index (χ0) is 12.0. The van der Waals surface area contributed by atoms with Gasteiger partial charge in [-0.1, -0.05) is 13.3 Å². The van der Waals surface area contributed by atoms with E-state index in [1.54, 1.807) is 32.4 Å². The van der Waals surface area contributed by atoms with Crippen LogP contribution in [0.2, 0.25) is 0 Å². The molecule has 0 amide bonds. The summed E-state index contributed by atoms with van der Waals surface area (Å²) in [5, 5.41) is 0. The number of ether oxygens (including phenoxy) is 2. The van der Waals surface area contributed by atoms with Crippen LogP contribution in [0.5, 0.6) is 11.5 Å². The van der Waals surface area contributed by atoms with Crippen LogP contribution in [0, 0.1) is 0 Å². The van der Waals surface area contributed by atoms with Gasteiger partial charge in [0.1, 0.15) is 11.5 Å². The molecule has 0 spiro atoms. The molecule has 0 aliphatic rings. The summed E-state index contributed by atoms with van der Waals surface area (Å²) in [7, 11) is 3.15. The molecule has 88 valence electrons. The molecule has 0 fully saturated rings. The first-order valence-corrected chi connectivity index (χ1v) is 5.48. The number of rotatable bonds is 6. The number of hydrogen-bond donors (Lipinski definition) is 0. The van der Waals surface area contributed by atoms with E-state index in [0.717, 1.165) is 12.8 Å². The van der Waals surface area contributed by atoms with Crippen molar-refractivity contribution in [2.24, 2.45) is 0 Å². The summed E-state index contributed by atoms with van der Waals surface area (Å²) in [6.45, 7) is 2.07. The summed E-state index contributed by atoms with van der Waals surface area (Å²) < 4.78 is 10.3. The van der Waals surface area contributed by atoms with Crippen LogP contribution < -0.4 is 9.47 Å². The van der Waals surface area contributed by atoms with Gasteiger partial charge in [0.05, 0.1) is 19.8 Å². The Bertz CT molecular complexity index is 358. The Hall–Kier alpha value is -1.51. The smallest absolute Gasteiger partial charge is 0.166 e. The highest BCUT2D eigenvalue weighted by atomic mass is 16.5. The summed E-state index contributed by atoms with van der Waals surface area (Å²) in [5.41, 5.74) is 0.607. The molecule has 3 heteroatoms. The van der Waals surface area contributed by atoms with Crippen molar-refractivity contribution < 1.29 is 14.3 Å². The van der Waals surface area contributed by atoms with Crippen LogP contribution in [-0.4, -0.2) is 20.0 Å². The first-order chi connectivity index (χ1) is 7.72. The first-order valence-electron chi connectivity index (χ1n) is 5.48. The lowest BCUT2D eigenvalue weighted by Gasteiger charge is -2.09. The van der Waals surface area contributed by atoms with Crippen LogP contribution in [0.1, 0.15) is 36.5 Å². The van der Waals surface area contributed by atoms with Crippen molar-refractivity contribution in [3.63, 3.8) is 0 Å². The third-order valence-corrected chi connectivity index (χ3v) is 2.46. The van der Waals surface area contributed by atoms with E-state index in [0.29, 0.717) is 23.5 Å². The molecule has 0 aromatic heterocycles. The third-order valence-electron chi connectivity index (χ3n) is 2.46. The van der Waals surface area contributed by atoms with E-state index in [1.165, 1.54) is 0 Å². The lowest BCUT2D eigenvalue weighted by atomic mass is 10.0. The molecule has 0 atom stereocenters. The molecule has 16 heavy (non-hydrogen) atoms. The molecule has 3 nitrogen and oxygen atoms in total. The number of hydrogen-bond acceptors (Lipinski definition) is 3. The number of methoxy groups -OCH3 is 2. The lowest BCUT2D eigenvalue weighted by molar-refractivity contribution is 0.0976. The number of benzene rings is 1. The normalized spacial score (nSPS) is 9.94. The second-order valence-corrected chi connectivity index (χ2v) is 3.59. The van der Waals surface area contributed by atoms with E-state index < -0.39 is 0 Å². The maximum absolute atomic E-state index is 11.9. The van der Waals surface area contributed by atoms with Crippen molar-refractivity contribution in [3.05, 3.63) is 23.8 Å². The van der Waals surface area contributed by atoms with Gasteiger partial charge in [0.25, 0.3) is 0 Å². The quantitative estimate of drug-likeness (QED) is 0.694. The highest BCUT2D eigenvalue weighted by molar-refractivity contribution is 5.99. The highest BCUT2D eigenvalue weighted by Gasteiger charge is 2.12. The Labute approximate surface area is 96.4 Å². The average molecular weight is 222 g/mol. The number of unbranched alkanes of at least 4 members (excludes halogenated alkanes) is 1. The molecular weight excluding hydrogens is 204 g/mol. The molecule has 1 aromatic carbocycles. The molecular formula is C13H18O3. The molecule has 0 saturated heterocycles. The van der Waals surface area contributed by atoms with Crippen molar-refractivity contribution in [3.8, 4) is 11.5 Å². The molecule has 0 heterocycles. The van der Waals surface area contributed by atoms with Crippen molar-refractivity contribution in [1.82, 2.24) is 0 Å². The van der Waals surface area contributed by atoms with Crippen LogP contribution in [0.15, 0.2) is 18.2 Å². The average Bonchev–Trinajstić information content (AvgIpc) is 2.35. The van der Waals surface area contributed by atoms with Gasteiger partial charge in [-0.25, -0.2) is 0 Å². The fourth-order valence-corrected chi connectivity index (χ4v) is 1.50. The minimum atomic E-state index is 0.109. The Morgan fingerprint density at radius 2 is 2.00 bits per heavy atom. The number of Topliss-reactive ketones (excluding diaryl/α,β-unsaturated/α-hetero) is 1. The highest BCUT2D eigenvalue weighted by Crippen LogP contribution is 2.25. The Morgan fingerprint density at radius 1 is 1.25 bits per heavy atom. The van der Waals surface area contributed by atoms with E-state index in [1.807, 2.05) is 0 Å². The fraction of sp³-hybridized carbons (Fsp3) is 0.462. The zero-order valence-corrected chi connectivity index (χ0v) is 10.1.